The van der Waals surface area contributed by atoms with Crippen molar-refractivity contribution in [3.8, 4) is 5.88 Å². The van der Waals surface area contributed by atoms with Crippen molar-refractivity contribution in [1.29, 1.82) is 0 Å². The van der Waals surface area contributed by atoms with E-state index in [4.69, 9.17) is 13.8 Å². The molecular weight excluding hydrogens is 338 g/mol. The first-order valence-electron chi connectivity index (χ1n) is 8.94. The maximum atomic E-state index is 12.6. The summed E-state index contributed by atoms with van der Waals surface area (Å²) >= 11 is 0. The molecule has 1 atom stereocenters. The van der Waals surface area contributed by atoms with Crippen LogP contribution in [0.2, 0.25) is 0 Å². The highest BCUT2D eigenvalue weighted by atomic mass is 16.5. The Morgan fingerprint density at radius 3 is 2.85 bits per heavy atom. The SMILES string of the molecule is CCN(Cc1noc(C)n1)C1CCCN(C(=O)c2cc(OC)no2)CC1. The Morgan fingerprint density at radius 1 is 1.35 bits per heavy atom. The standard InChI is InChI=1S/C17H25N5O4/c1-4-21(11-15-18-12(2)25-19-15)13-6-5-8-22(9-7-13)17(23)14-10-16(24-3)20-26-14/h10,13H,4-9,11H2,1-3H3. The average molecular weight is 363 g/mol. The first-order valence-corrected chi connectivity index (χ1v) is 8.94. The van der Waals surface area contributed by atoms with E-state index < -0.39 is 0 Å². The lowest BCUT2D eigenvalue weighted by molar-refractivity contribution is 0.0714. The van der Waals surface area contributed by atoms with Gasteiger partial charge in [0, 0.05) is 26.1 Å². The van der Waals surface area contributed by atoms with Crippen LogP contribution in [0.15, 0.2) is 15.1 Å². The minimum absolute atomic E-state index is 0.140. The van der Waals surface area contributed by atoms with Crippen LogP contribution in [0.1, 0.15) is 48.5 Å². The lowest BCUT2D eigenvalue weighted by atomic mass is 10.1. The van der Waals surface area contributed by atoms with Crippen LogP contribution in [0.3, 0.4) is 0 Å². The summed E-state index contributed by atoms with van der Waals surface area (Å²) in [4.78, 5) is 21.1. The maximum absolute atomic E-state index is 12.6. The van der Waals surface area contributed by atoms with E-state index in [9.17, 15) is 4.79 Å². The number of aromatic nitrogens is 3. The van der Waals surface area contributed by atoms with Gasteiger partial charge < -0.3 is 18.7 Å². The fourth-order valence-electron chi connectivity index (χ4n) is 3.35. The minimum Gasteiger partial charge on any atom is -0.479 e. The quantitative estimate of drug-likeness (QED) is 0.767. The van der Waals surface area contributed by atoms with Gasteiger partial charge >= 0.3 is 0 Å². The van der Waals surface area contributed by atoms with Gasteiger partial charge in [-0.15, -0.1) is 0 Å². The average Bonchev–Trinajstić information content (AvgIpc) is 3.22. The molecule has 1 amide bonds. The first kappa shape index (κ1) is 18.4. The van der Waals surface area contributed by atoms with Gasteiger partial charge in [-0.05, 0) is 31.0 Å². The highest BCUT2D eigenvalue weighted by Gasteiger charge is 2.27. The molecular formula is C17H25N5O4. The molecule has 2 aromatic rings. The van der Waals surface area contributed by atoms with Gasteiger partial charge in [-0.1, -0.05) is 12.1 Å². The molecule has 1 saturated heterocycles. The Hall–Kier alpha value is -2.42. The van der Waals surface area contributed by atoms with Crippen LogP contribution in [0.25, 0.3) is 0 Å². The zero-order valence-electron chi connectivity index (χ0n) is 15.5. The number of nitrogens with zero attached hydrogens (tertiary/aromatic N) is 5. The third kappa shape index (κ3) is 4.21. The number of methoxy groups -OCH3 is 1. The molecule has 3 rings (SSSR count). The second-order valence-electron chi connectivity index (χ2n) is 6.40. The van der Waals surface area contributed by atoms with Crippen LogP contribution >= 0.6 is 0 Å². The van der Waals surface area contributed by atoms with Gasteiger partial charge in [0.05, 0.1) is 19.7 Å². The molecule has 0 radical (unpaired) electrons. The van der Waals surface area contributed by atoms with Crippen molar-refractivity contribution >= 4 is 5.91 Å². The predicted molar refractivity (Wildman–Crippen MR) is 91.7 cm³/mol. The molecule has 3 heterocycles. The van der Waals surface area contributed by atoms with Gasteiger partial charge in [-0.2, -0.15) is 4.98 Å². The summed E-state index contributed by atoms with van der Waals surface area (Å²) < 4.78 is 15.1. The highest BCUT2D eigenvalue weighted by molar-refractivity contribution is 5.91. The fourth-order valence-corrected chi connectivity index (χ4v) is 3.35. The van der Waals surface area contributed by atoms with Crippen LogP contribution in [0.5, 0.6) is 5.88 Å². The van der Waals surface area contributed by atoms with Gasteiger partial charge in [-0.3, -0.25) is 9.69 Å². The van der Waals surface area contributed by atoms with Crippen LogP contribution in [-0.2, 0) is 6.54 Å². The molecule has 0 aliphatic carbocycles. The zero-order valence-corrected chi connectivity index (χ0v) is 15.5. The van der Waals surface area contributed by atoms with Crippen molar-refractivity contribution in [3.63, 3.8) is 0 Å². The number of likely N-dealkylation sites (tertiary alicyclic amines) is 1. The summed E-state index contributed by atoms with van der Waals surface area (Å²) in [6.45, 7) is 6.85. The molecule has 1 aliphatic heterocycles. The molecule has 1 fully saturated rings. The molecule has 0 aromatic carbocycles. The third-order valence-corrected chi connectivity index (χ3v) is 4.73. The Labute approximate surface area is 152 Å². The summed E-state index contributed by atoms with van der Waals surface area (Å²) in [5, 5.41) is 7.70. The summed E-state index contributed by atoms with van der Waals surface area (Å²) in [5.41, 5.74) is 0. The lowest BCUT2D eigenvalue weighted by Gasteiger charge is -2.28. The van der Waals surface area contributed by atoms with E-state index in [0.29, 0.717) is 43.3 Å². The molecule has 0 saturated carbocycles. The van der Waals surface area contributed by atoms with E-state index in [1.807, 2.05) is 4.90 Å². The van der Waals surface area contributed by atoms with Gasteiger partial charge in [0.1, 0.15) is 0 Å². The van der Waals surface area contributed by atoms with Gasteiger partial charge in [-0.25, -0.2) is 0 Å². The smallest absolute Gasteiger partial charge is 0.292 e. The molecule has 2 aromatic heterocycles. The molecule has 142 valence electrons. The molecule has 0 N–H and O–H groups in total. The van der Waals surface area contributed by atoms with E-state index in [0.717, 1.165) is 25.8 Å². The van der Waals surface area contributed by atoms with Crippen molar-refractivity contribution in [2.75, 3.05) is 26.7 Å². The lowest BCUT2D eigenvalue weighted by Crippen LogP contribution is -2.37. The monoisotopic (exact) mass is 363 g/mol. The molecule has 0 spiro atoms. The molecule has 1 aliphatic rings. The summed E-state index contributed by atoms with van der Waals surface area (Å²) in [6, 6.07) is 1.91. The van der Waals surface area contributed by atoms with Crippen molar-refractivity contribution in [2.45, 2.75) is 45.7 Å². The van der Waals surface area contributed by atoms with E-state index in [2.05, 4.69) is 27.1 Å². The summed E-state index contributed by atoms with van der Waals surface area (Å²) in [5.74, 6) is 1.67. The summed E-state index contributed by atoms with van der Waals surface area (Å²) in [6.07, 6.45) is 2.85. The third-order valence-electron chi connectivity index (χ3n) is 4.73. The number of aryl methyl sites for hydroxylation is 1. The number of amides is 1. The second kappa shape index (κ2) is 8.31. The molecule has 9 heteroatoms. The Morgan fingerprint density at radius 2 is 2.19 bits per heavy atom. The van der Waals surface area contributed by atoms with E-state index >= 15 is 0 Å². The number of carbonyl (C=O) groups excluding carboxylic acids is 1. The number of hydrogen-bond donors (Lipinski definition) is 0. The molecule has 0 bridgehead atoms. The highest BCUT2D eigenvalue weighted by Crippen LogP contribution is 2.21. The van der Waals surface area contributed by atoms with E-state index in [-0.39, 0.29) is 11.7 Å². The Kier molecular flexibility index (Phi) is 5.87. The number of ether oxygens (including phenoxy) is 1. The number of hydrogen-bond acceptors (Lipinski definition) is 8. The summed E-state index contributed by atoms with van der Waals surface area (Å²) in [7, 11) is 1.49. The first-order chi connectivity index (χ1) is 12.6. The van der Waals surface area contributed by atoms with Gasteiger partial charge in [0.2, 0.25) is 11.7 Å². The minimum atomic E-state index is -0.140. The molecule has 1 unspecified atom stereocenters. The number of rotatable bonds is 6. The second-order valence-corrected chi connectivity index (χ2v) is 6.40. The van der Waals surface area contributed by atoms with Crippen LogP contribution in [-0.4, -0.2) is 63.8 Å². The Bertz CT molecular complexity index is 728. The van der Waals surface area contributed by atoms with Crippen LogP contribution in [0, 0.1) is 6.92 Å². The van der Waals surface area contributed by atoms with Crippen molar-refractivity contribution in [3.05, 3.63) is 23.5 Å². The normalized spacial score (nSPS) is 18.2. The van der Waals surface area contributed by atoms with Crippen LogP contribution in [0.4, 0.5) is 0 Å². The predicted octanol–water partition coefficient (Wildman–Crippen LogP) is 1.89. The zero-order chi connectivity index (χ0) is 18.5. The maximum Gasteiger partial charge on any atom is 0.292 e. The largest absolute Gasteiger partial charge is 0.479 e. The molecule has 26 heavy (non-hydrogen) atoms. The van der Waals surface area contributed by atoms with Gasteiger partial charge in [0.25, 0.3) is 11.8 Å². The molecule has 9 nitrogen and oxygen atoms in total. The number of carbonyl (C=O) groups is 1. The fraction of sp³-hybridized carbons (Fsp3) is 0.647. The van der Waals surface area contributed by atoms with E-state index in [1.54, 1.807) is 6.92 Å². The van der Waals surface area contributed by atoms with Crippen LogP contribution < -0.4 is 4.74 Å². The van der Waals surface area contributed by atoms with Crippen molar-refractivity contribution in [2.24, 2.45) is 0 Å². The van der Waals surface area contributed by atoms with Crippen molar-refractivity contribution < 1.29 is 18.6 Å². The Balaban J connectivity index is 1.60. The van der Waals surface area contributed by atoms with Gasteiger partial charge in [0.15, 0.2) is 5.82 Å². The topological polar surface area (TPSA) is 97.7 Å². The van der Waals surface area contributed by atoms with Crippen molar-refractivity contribution in [1.82, 2.24) is 25.1 Å². The van der Waals surface area contributed by atoms with E-state index in [1.165, 1.54) is 13.2 Å².